The summed E-state index contributed by atoms with van der Waals surface area (Å²) in [6.07, 6.45) is -2.80. The minimum absolute atomic E-state index is 0.0667. The first-order chi connectivity index (χ1) is 15.6. The van der Waals surface area contributed by atoms with Gasteiger partial charge in [0.1, 0.15) is 11.3 Å². The summed E-state index contributed by atoms with van der Waals surface area (Å²) in [5.74, 6) is 0.122. The molecule has 0 amide bonds. The Kier molecular flexibility index (Phi) is 7.88. The van der Waals surface area contributed by atoms with Crippen molar-refractivity contribution in [3.05, 3.63) is 40.7 Å². The average molecular weight is 467 g/mol. The third kappa shape index (κ3) is 6.63. The minimum Gasteiger partial charge on any atom is -0.478 e. The molecule has 3 heterocycles. The highest BCUT2D eigenvalue weighted by Gasteiger charge is 2.35. The molecule has 180 valence electrons. The van der Waals surface area contributed by atoms with Crippen LogP contribution >= 0.6 is 0 Å². The lowest BCUT2D eigenvalue weighted by molar-refractivity contribution is -0.139. The highest BCUT2D eigenvalue weighted by Crippen LogP contribution is 2.35. The summed E-state index contributed by atoms with van der Waals surface area (Å²) in [5.41, 5.74) is 0.849. The minimum atomic E-state index is -4.61. The molecule has 1 aliphatic rings. The number of nitrogens with zero attached hydrogens (tertiary/aromatic N) is 4. The third-order valence-corrected chi connectivity index (χ3v) is 5.28. The zero-order valence-corrected chi connectivity index (χ0v) is 19.3. The lowest BCUT2D eigenvalue weighted by Crippen LogP contribution is -2.46. The van der Waals surface area contributed by atoms with Crippen LogP contribution in [0.3, 0.4) is 0 Å². The molecule has 2 atom stereocenters. The van der Waals surface area contributed by atoms with Gasteiger partial charge in [0, 0.05) is 32.1 Å². The number of carbonyl (C=O) groups is 1. The van der Waals surface area contributed by atoms with Crippen LogP contribution < -0.4 is 9.64 Å². The normalized spacial score (nSPS) is 18.9. The number of anilines is 1. The Morgan fingerprint density at radius 1 is 1.21 bits per heavy atom. The number of Topliss-reactive ketones (excluding diaryl/α,β-unsaturated/α-hetero) is 1. The second kappa shape index (κ2) is 10.5. The quantitative estimate of drug-likeness (QED) is 0.583. The van der Waals surface area contributed by atoms with E-state index in [-0.39, 0.29) is 43.0 Å². The van der Waals surface area contributed by atoms with Gasteiger partial charge >= 0.3 is 6.18 Å². The number of alkyl halides is 3. The van der Waals surface area contributed by atoms with E-state index >= 15 is 0 Å². The number of rotatable bonds is 8. The van der Waals surface area contributed by atoms with Gasteiger partial charge in [0.2, 0.25) is 5.88 Å². The van der Waals surface area contributed by atoms with Gasteiger partial charge in [0.05, 0.1) is 24.5 Å². The Labute approximate surface area is 191 Å². The highest BCUT2D eigenvalue weighted by atomic mass is 19.4. The topological polar surface area (TPSA) is 77.4 Å². The van der Waals surface area contributed by atoms with Gasteiger partial charge in [-0.25, -0.2) is 4.98 Å². The molecule has 0 N–H and O–H groups in total. The van der Waals surface area contributed by atoms with Crippen molar-refractivity contribution in [2.75, 3.05) is 24.6 Å². The van der Waals surface area contributed by atoms with Crippen LogP contribution in [0.15, 0.2) is 18.3 Å². The average Bonchev–Trinajstić information content (AvgIpc) is 2.72. The number of halogens is 3. The van der Waals surface area contributed by atoms with Crippen LogP contribution in [0.1, 0.15) is 49.6 Å². The van der Waals surface area contributed by atoms with Gasteiger partial charge in [-0.1, -0.05) is 0 Å². The Bertz CT molecular complexity index is 974. The van der Waals surface area contributed by atoms with E-state index in [2.05, 4.69) is 20.1 Å². The molecule has 1 saturated heterocycles. The lowest BCUT2D eigenvalue weighted by atomic mass is 10.0. The standard InChI is InChI=1S/C23H29F3N4O3/c1-5-32-22-20(23(24,25)26)10-17(11-27-22)9-19(31)7-6-18-8-14(2)21(29-28-18)30-12-15(3)33-16(4)13-30/h8,10-11,15-16H,5-7,9,12-13H2,1-4H3. The highest BCUT2D eigenvalue weighted by molar-refractivity contribution is 5.81. The maximum absolute atomic E-state index is 13.3. The van der Waals surface area contributed by atoms with Crippen molar-refractivity contribution in [2.45, 2.75) is 65.3 Å². The summed E-state index contributed by atoms with van der Waals surface area (Å²) in [4.78, 5) is 18.3. The molecule has 7 nitrogen and oxygen atoms in total. The predicted molar refractivity (Wildman–Crippen MR) is 116 cm³/mol. The number of aromatic nitrogens is 3. The Hall–Kier alpha value is -2.75. The molecule has 10 heteroatoms. The van der Waals surface area contributed by atoms with Crippen LogP contribution in [-0.4, -0.2) is 52.9 Å². The number of aryl methyl sites for hydroxylation is 2. The van der Waals surface area contributed by atoms with E-state index in [1.807, 2.05) is 26.8 Å². The summed E-state index contributed by atoms with van der Waals surface area (Å²) in [7, 11) is 0. The van der Waals surface area contributed by atoms with E-state index in [1.54, 1.807) is 6.92 Å². The molecule has 3 rings (SSSR count). The summed E-state index contributed by atoms with van der Waals surface area (Å²) >= 11 is 0. The van der Waals surface area contributed by atoms with Gasteiger partial charge in [-0.05, 0) is 57.4 Å². The first-order valence-electron chi connectivity index (χ1n) is 11.0. The van der Waals surface area contributed by atoms with E-state index < -0.39 is 17.6 Å². The number of hydrogen-bond donors (Lipinski definition) is 0. The fourth-order valence-corrected chi connectivity index (χ4v) is 3.95. The van der Waals surface area contributed by atoms with Crippen molar-refractivity contribution in [1.29, 1.82) is 0 Å². The first kappa shape index (κ1) is 24.9. The number of ketones is 1. The number of carbonyl (C=O) groups excluding carboxylic acids is 1. The van der Waals surface area contributed by atoms with Crippen LogP contribution in [0.25, 0.3) is 0 Å². The number of morpholine rings is 1. The summed E-state index contributed by atoms with van der Waals surface area (Å²) < 4.78 is 50.5. The van der Waals surface area contributed by atoms with Crippen molar-refractivity contribution in [3.8, 4) is 5.88 Å². The largest absolute Gasteiger partial charge is 0.478 e. The van der Waals surface area contributed by atoms with E-state index in [1.165, 1.54) is 6.20 Å². The molecule has 0 bridgehead atoms. The van der Waals surface area contributed by atoms with Gasteiger partial charge in [-0.15, -0.1) is 5.10 Å². The Morgan fingerprint density at radius 3 is 2.52 bits per heavy atom. The van der Waals surface area contributed by atoms with Crippen LogP contribution in [-0.2, 0) is 28.5 Å². The molecule has 1 fully saturated rings. The molecule has 0 aliphatic carbocycles. The van der Waals surface area contributed by atoms with Gasteiger partial charge in [0.15, 0.2) is 5.82 Å². The maximum Gasteiger partial charge on any atom is 0.421 e. The first-order valence-corrected chi connectivity index (χ1v) is 11.0. The Morgan fingerprint density at radius 2 is 1.91 bits per heavy atom. The summed E-state index contributed by atoms with van der Waals surface area (Å²) in [5, 5.41) is 8.62. The van der Waals surface area contributed by atoms with Crippen LogP contribution in [0.2, 0.25) is 0 Å². The van der Waals surface area contributed by atoms with E-state index in [0.29, 0.717) is 12.1 Å². The zero-order valence-electron chi connectivity index (χ0n) is 19.3. The van der Waals surface area contributed by atoms with Crippen molar-refractivity contribution >= 4 is 11.6 Å². The SMILES string of the molecule is CCOc1ncc(CC(=O)CCc2cc(C)c(N3CC(C)OC(C)C3)nn2)cc1C(F)(F)F. The van der Waals surface area contributed by atoms with Crippen LogP contribution in [0.4, 0.5) is 19.0 Å². The smallest absolute Gasteiger partial charge is 0.421 e. The van der Waals surface area contributed by atoms with Gasteiger partial charge < -0.3 is 14.4 Å². The van der Waals surface area contributed by atoms with Crippen molar-refractivity contribution < 1.29 is 27.4 Å². The molecular weight excluding hydrogens is 437 g/mol. The number of ether oxygens (including phenoxy) is 2. The van der Waals surface area contributed by atoms with Crippen molar-refractivity contribution in [2.24, 2.45) is 0 Å². The van der Waals surface area contributed by atoms with Crippen LogP contribution in [0.5, 0.6) is 5.88 Å². The fraction of sp³-hybridized carbons (Fsp3) is 0.565. The van der Waals surface area contributed by atoms with Gasteiger partial charge in [-0.2, -0.15) is 18.3 Å². The Balaban J connectivity index is 1.61. The molecule has 2 aromatic rings. The summed E-state index contributed by atoms with van der Waals surface area (Å²) in [6.45, 7) is 9.09. The molecule has 2 aromatic heterocycles. The number of hydrogen-bond acceptors (Lipinski definition) is 7. The van der Waals surface area contributed by atoms with Crippen LogP contribution in [0, 0.1) is 6.92 Å². The zero-order chi connectivity index (χ0) is 24.2. The second-order valence-corrected chi connectivity index (χ2v) is 8.35. The van der Waals surface area contributed by atoms with E-state index in [0.717, 1.165) is 30.5 Å². The maximum atomic E-state index is 13.3. The monoisotopic (exact) mass is 466 g/mol. The van der Waals surface area contributed by atoms with E-state index in [4.69, 9.17) is 9.47 Å². The number of pyridine rings is 1. The second-order valence-electron chi connectivity index (χ2n) is 8.35. The van der Waals surface area contributed by atoms with Gasteiger partial charge in [-0.3, -0.25) is 4.79 Å². The molecular formula is C23H29F3N4O3. The third-order valence-electron chi connectivity index (χ3n) is 5.28. The molecule has 0 radical (unpaired) electrons. The molecule has 2 unspecified atom stereocenters. The molecule has 33 heavy (non-hydrogen) atoms. The van der Waals surface area contributed by atoms with E-state index in [9.17, 15) is 18.0 Å². The fourth-order valence-electron chi connectivity index (χ4n) is 3.95. The molecule has 0 saturated carbocycles. The van der Waals surface area contributed by atoms with Crippen molar-refractivity contribution in [3.63, 3.8) is 0 Å². The molecule has 0 spiro atoms. The summed E-state index contributed by atoms with van der Waals surface area (Å²) in [6, 6.07) is 2.83. The molecule has 1 aliphatic heterocycles. The van der Waals surface area contributed by atoms with Crippen molar-refractivity contribution in [1.82, 2.24) is 15.2 Å². The predicted octanol–water partition coefficient (Wildman–Crippen LogP) is 3.96. The van der Waals surface area contributed by atoms with Gasteiger partial charge in [0.25, 0.3) is 0 Å². The molecule has 0 aromatic carbocycles. The lowest BCUT2D eigenvalue weighted by Gasteiger charge is -2.36.